The Kier molecular flexibility index (Phi) is 6.64. The van der Waals surface area contributed by atoms with Crippen LogP contribution in [-0.4, -0.2) is 23.7 Å². The maximum absolute atomic E-state index is 9.46. The van der Waals surface area contributed by atoms with Crippen molar-refractivity contribution < 1.29 is 5.11 Å². The van der Waals surface area contributed by atoms with Crippen LogP contribution in [0.2, 0.25) is 0 Å². The summed E-state index contributed by atoms with van der Waals surface area (Å²) in [4.78, 5) is 0. The van der Waals surface area contributed by atoms with E-state index in [9.17, 15) is 5.11 Å². The molecule has 21 heavy (non-hydrogen) atoms. The number of hydrogen-bond donors (Lipinski definition) is 2. The average Bonchev–Trinajstić information content (AvgIpc) is 2.53. The molecule has 0 radical (unpaired) electrons. The Hall–Kier alpha value is -1.45. The van der Waals surface area contributed by atoms with Crippen LogP contribution in [0.5, 0.6) is 5.75 Å². The normalized spacial score (nSPS) is 12.2. The van der Waals surface area contributed by atoms with Gasteiger partial charge in [-0.25, -0.2) is 0 Å². The van der Waals surface area contributed by atoms with Crippen LogP contribution in [-0.2, 0) is 0 Å². The Morgan fingerprint density at radius 3 is 2.29 bits per heavy atom. The van der Waals surface area contributed by atoms with Gasteiger partial charge in [-0.1, -0.05) is 42.5 Å². The summed E-state index contributed by atoms with van der Waals surface area (Å²) in [5.74, 6) is 1.53. The summed E-state index contributed by atoms with van der Waals surface area (Å²) in [5, 5.41) is 13.1. The number of unbranched alkanes of at least 4 members (excludes halogenated alkanes) is 1. The second-order valence-electron chi connectivity index (χ2n) is 5.09. The van der Waals surface area contributed by atoms with Crippen molar-refractivity contribution >= 4 is 11.8 Å². The number of rotatable bonds is 8. The molecule has 0 spiro atoms. The second kappa shape index (κ2) is 8.75. The van der Waals surface area contributed by atoms with E-state index in [4.69, 9.17) is 0 Å². The number of benzene rings is 2. The highest BCUT2D eigenvalue weighted by Gasteiger charge is 2.12. The molecule has 0 saturated heterocycles. The van der Waals surface area contributed by atoms with Gasteiger partial charge in [-0.15, -0.1) is 0 Å². The largest absolute Gasteiger partial charge is 0.508 e. The Labute approximate surface area is 131 Å². The topological polar surface area (TPSA) is 32.3 Å². The molecule has 2 N–H and O–H groups in total. The Morgan fingerprint density at radius 1 is 0.952 bits per heavy atom. The molecular weight excluding hydrogens is 278 g/mol. The number of aromatic hydroxyl groups is 1. The predicted molar refractivity (Wildman–Crippen MR) is 92.0 cm³/mol. The van der Waals surface area contributed by atoms with Crippen molar-refractivity contribution in [1.82, 2.24) is 5.32 Å². The first-order chi connectivity index (χ1) is 10.3. The van der Waals surface area contributed by atoms with Gasteiger partial charge in [0, 0.05) is 0 Å². The average molecular weight is 301 g/mol. The lowest BCUT2D eigenvalue weighted by molar-refractivity contribution is 0.474. The monoisotopic (exact) mass is 301 g/mol. The summed E-state index contributed by atoms with van der Waals surface area (Å²) in [6, 6.07) is 18.1. The van der Waals surface area contributed by atoms with Gasteiger partial charge >= 0.3 is 0 Å². The quantitative estimate of drug-likeness (QED) is 0.716. The van der Waals surface area contributed by atoms with Gasteiger partial charge in [0.2, 0.25) is 0 Å². The van der Waals surface area contributed by atoms with E-state index in [1.165, 1.54) is 29.7 Å². The lowest BCUT2D eigenvalue weighted by Crippen LogP contribution is -2.23. The molecule has 2 rings (SSSR count). The van der Waals surface area contributed by atoms with Crippen molar-refractivity contribution in [3.05, 3.63) is 65.7 Å². The van der Waals surface area contributed by atoms with Crippen LogP contribution in [0, 0.1) is 0 Å². The maximum Gasteiger partial charge on any atom is 0.115 e. The molecule has 0 saturated carbocycles. The summed E-state index contributed by atoms with van der Waals surface area (Å²) >= 11 is 1.90. The molecular formula is C18H23NOS. The molecule has 0 bridgehead atoms. The molecule has 0 aliphatic rings. The van der Waals surface area contributed by atoms with E-state index in [0.29, 0.717) is 5.75 Å². The minimum Gasteiger partial charge on any atom is -0.508 e. The van der Waals surface area contributed by atoms with Crippen molar-refractivity contribution in [2.24, 2.45) is 0 Å². The second-order valence-corrected chi connectivity index (χ2v) is 6.07. The first kappa shape index (κ1) is 15.9. The van der Waals surface area contributed by atoms with Crippen molar-refractivity contribution in [3.63, 3.8) is 0 Å². The molecule has 1 atom stereocenters. The summed E-state index contributed by atoms with van der Waals surface area (Å²) in [7, 11) is 0. The van der Waals surface area contributed by atoms with Crippen LogP contribution in [0.25, 0.3) is 0 Å². The summed E-state index contributed by atoms with van der Waals surface area (Å²) in [5.41, 5.74) is 2.44. The molecule has 2 aromatic rings. The van der Waals surface area contributed by atoms with Crippen LogP contribution >= 0.6 is 11.8 Å². The third-order valence-corrected chi connectivity index (χ3v) is 4.18. The van der Waals surface area contributed by atoms with E-state index in [1.54, 1.807) is 12.1 Å². The molecule has 0 aliphatic heterocycles. The maximum atomic E-state index is 9.46. The van der Waals surface area contributed by atoms with Crippen LogP contribution < -0.4 is 5.32 Å². The van der Waals surface area contributed by atoms with E-state index in [0.717, 1.165) is 6.54 Å². The van der Waals surface area contributed by atoms with Gasteiger partial charge in [0.15, 0.2) is 0 Å². The fraction of sp³-hybridized carbons (Fsp3) is 0.333. The van der Waals surface area contributed by atoms with E-state index in [-0.39, 0.29) is 6.04 Å². The zero-order chi connectivity index (χ0) is 14.9. The number of hydrogen-bond acceptors (Lipinski definition) is 3. The first-order valence-electron chi connectivity index (χ1n) is 7.37. The zero-order valence-corrected chi connectivity index (χ0v) is 13.3. The number of phenols is 1. The van der Waals surface area contributed by atoms with E-state index < -0.39 is 0 Å². The zero-order valence-electron chi connectivity index (χ0n) is 12.5. The molecule has 1 unspecified atom stereocenters. The van der Waals surface area contributed by atoms with Gasteiger partial charge in [-0.2, -0.15) is 11.8 Å². The minimum atomic E-state index is 0.182. The molecule has 0 heterocycles. The molecule has 0 aromatic heterocycles. The Balaban J connectivity index is 2.06. The van der Waals surface area contributed by atoms with Crippen LogP contribution in [0.15, 0.2) is 54.6 Å². The highest BCUT2D eigenvalue weighted by Crippen LogP contribution is 2.23. The van der Waals surface area contributed by atoms with E-state index >= 15 is 0 Å². The highest BCUT2D eigenvalue weighted by molar-refractivity contribution is 7.98. The SMILES string of the molecule is CSCCCCNC(c1ccccc1)c1ccc(O)cc1. The fourth-order valence-corrected chi connectivity index (χ4v) is 2.85. The standard InChI is InChI=1S/C18H23NOS/c1-21-14-6-5-13-19-18(15-7-3-2-4-8-15)16-9-11-17(20)12-10-16/h2-4,7-12,18-20H,5-6,13-14H2,1H3. The van der Waals surface area contributed by atoms with Crippen molar-refractivity contribution in [2.45, 2.75) is 18.9 Å². The number of nitrogens with one attached hydrogen (secondary N) is 1. The Morgan fingerprint density at radius 2 is 1.62 bits per heavy atom. The van der Waals surface area contributed by atoms with E-state index in [2.05, 4.69) is 35.8 Å². The number of thioether (sulfide) groups is 1. The molecule has 0 fully saturated rings. The Bertz CT molecular complexity index is 513. The van der Waals surface area contributed by atoms with Gasteiger partial charge in [0.25, 0.3) is 0 Å². The third-order valence-electron chi connectivity index (χ3n) is 3.48. The first-order valence-corrected chi connectivity index (χ1v) is 8.77. The molecule has 0 aliphatic carbocycles. The van der Waals surface area contributed by atoms with Gasteiger partial charge in [0.05, 0.1) is 6.04 Å². The predicted octanol–water partition coefficient (Wildman–Crippen LogP) is 4.21. The molecule has 2 nitrogen and oxygen atoms in total. The summed E-state index contributed by atoms with van der Waals surface area (Å²) < 4.78 is 0. The van der Waals surface area contributed by atoms with Crippen LogP contribution in [0.1, 0.15) is 30.0 Å². The van der Waals surface area contributed by atoms with Crippen LogP contribution in [0.4, 0.5) is 0 Å². The van der Waals surface area contributed by atoms with Crippen molar-refractivity contribution in [1.29, 1.82) is 0 Å². The summed E-state index contributed by atoms with van der Waals surface area (Å²) in [6.45, 7) is 1.00. The van der Waals surface area contributed by atoms with Crippen molar-refractivity contribution in [3.8, 4) is 5.75 Å². The lowest BCUT2D eigenvalue weighted by atomic mass is 9.98. The third kappa shape index (κ3) is 5.10. The molecule has 0 amide bonds. The van der Waals surface area contributed by atoms with Gasteiger partial charge < -0.3 is 10.4 Å². The number of phenolic OH excluding ortho intramolecular Hbond substituents is 1. The molecule has 3 heteroatoms. The van der Waals surface area contributed by atoms with Gasteiger partial charge in [-0.05, 0) is 54.7 Å². The van der Waals surface area contributed by atoms with E-state index in [1.807, 2.05) is 30.0 Å². The molecule has 112 valence electrons. The van der Waals surface area contributed by atoms with Crippen LogP contribution in [0.3, 0.4) is 0 Å². The highest BCUT2D eigenvalue weighted by atomic mass is 32.2. The van der Waals surface area contributed by atoms with Crippen molar-refractivity contribution in [2.75, 3.05) is 18.6 Å². The lowest BCUT2D eigenvalue weighted by Gasteiger charge is -2.20. The molecule has 2 aromatic carbocycles. The van der Waals surface area contributed by atoms with Gasteiger partial charge in [-0.3, -0.25) is 0 Å². The smallest absolute Gasteiger partial charge is 0.115 e. The fourth-order valence-electron chi connectivity index (χ4n) is 2.36. The van der Waals surface area contributed by atoms with Gasteiger partial charge in [0.1, 0.15) is 5.75 Å². The minimum absolute atomic E-state index is 0.182. The summed E-state index contributed by atoms with van der Waals surface area (Å²) in [6.07, 6.45) is 4.57.